The summed E-state index contributed by atoms with van der Waals surface area (Å²) in [6, 6.07) is 13.4. The lowest BCUT2D eigenvalue weighted by Gasteiger charge is -2.26. The third-order valence-corrected chi connectivity index (χ3v) is 6.20. The highest BCUT2D eigenvalue weighted by atomic mass is 32.2. The first kappa shape index (κ1) is 21.8. The standard InChI is InChI=1S/C23H23N3O5S/c1-29-16-10-9-14(19(30-2)20(16)31-3)15-11-17(27)24-21-18(15)22(28)26-23(25-21)32-12-13-7-5-4-6-8-13/h4-10,15H,11-12H2,1-3H3,(H2,24,25,26,27,28)/t15-/m0/s1. The molecule has 0 bridgehead atoms. The number of hydrogen-bond acceptors (Lipinski definition) is 7. The molecule has 2 N–H and O–H groups in total. The van der Waals surface area contributed by atoms with Crippen LogP contribution < -0.4 is 25.1 Å². The smallest absolute Gasteiger partial charge is 0.257 e. The number of ether oxygens (including phenoxy) is 3. The first-order chi connectivity index (χ1) is 15.5. The SMILES string of the molecule is COc1ccc([C@@H]2CC(=O)Nc3nc(SCc4ccccc4)[nH]c(=O)c32)c(OC)c1OC. The fourth-order valence-electron chi connectivity index (χ4n) is 3.81. The van der Waals surface area contributed by atoms with Gasteiger partial charge in [-0.1, -0.05) is 48.2 Å². The van der Waals surface area contributed by atoms with Crippen LogP contribution in [0.25, 0.3) is 0 Å². The van der Waals surface area contributed by atoms with Crippen LogP contribution in [0.4, 0.5) is 5.82 Å². The van der Waals surface area contributed by atoms with E-state index in [1.807, 2.05) is 30.3 Å². The van der Waals surface area contributed by atoms with Crippen molar-refractivity contribution in [3.05, 3.63) is 69.5 Å². The number of carbonyl (C=O) groups is 1. The number of aromatic nitrogens is 2. The molecule has 4 rings (SSSR count). The van der Waals surface area contributed by atoms with Gasteiger partial charge in [0.25, 0.3) is 5.56 Å². The molecule has 0 spiro atoms. The van der Waals surface area contributed by atoms with E-state index in [2.05, 4.69) is 15.3 Å². The van der Waals surface area contributed by atoms with Crippen molar-refractivity contribution < 1.29 is 19.0 Å². The largest absolute Gasteiger partial charge is 0.493 e. The van der Waals surface area contributed by atoms with E-state index < -0.39 is 5.92 Å². The Labute approximate surface area is 189 Å². The van der Waals surface area contributed by atoms with Crippen molar-refractivity contribution in [2.75, 3.05) is 26.6 Å². The summed E-state index contributed by atoms with van der Waals surface area (Å²) in [5.41, 5.74) is 1.85. The third kappa shape index (κ3) is 4.16. The van der Waals surface area contributed by atoms with Gasteiger partial charge in [-0.2, -0.15) is 0 Å². The van der Waals surface area contributed by atoms with E-state index in [0.717, 1.165) is 5.56 Å². The van der Waals surface area contributed by atoms with E-state index in [1.165, 1.54) is 33.1 Å². The maximum absolute atomic E-state index is 13.1. The summed E-state index contributed by atoms with van der Waals surface area (Å²) in [5, 5.41) is 3.19. The fraction of sp³-hybridized carbons (Fsp3) is 0.261. The molecule has 1 aromatic heterocycles. The van der Waals surface area contributed by atoms with E-state index in [0.29, 0.717) is 39.3 Å². The maximum Gasteiger partial charge on any atom is 0.257 e. The van der Waals surface area contributed by atoms with Crippen molar-refractivity contribution in [2.45, 2.75) is 23.2 Å². The van der Waals surface area contributed by atoms with Gasteiger partial charge in [-0.15, -0.1) is 0 Å². The van der Waals surface area contributed by atoms with E-state index >= 15 is 0 Å². The van der Waals surface area contributed by atoms with Gasteiger partial charge in [-0.3, -0.25) is 9.59 Å². The number of carbonyl (C=O) groups excluding carboxylic acids is 1. The summed E-state index contributed by atoms with van der Waals surface area (Å²) >= 11 is 1.40. The molecule has 166 valence electrons. The molecule has 8 nitrogen and oxygen atoms in total. The van der Waals surface area contributed by atoms with Gasteiger partial charge < -0.3 is 24.5 Å². The molecule has 0 radical (unpaired) electrons. The predicted octanol–water partition coefficient (Wildman–Crippen LogP) is 3.56. The summed E-state index contributed by atoms with van der Waals surface area (Å²) in [6.07, 6.45) is 0.0834. The first-order valence-corrected chi connectivity index (χ1v) is 10.9. The number of rotatable bonds is 7. The topological polar surface area (TPSA) is 103 Å². The Morgan fingerprint density at radius 3 is 2.44 bits per heavy atom. The number of H-pyrrole nitrogens is 1. The molecule has 3 aromatic rings. The average Bonchev–Trinajstić information content (AvgIpc) is 2.81. The minimum Gasteiger partial charge on any atom is -0.493 e. The molecule has 0 aliphatic carbocycles. The van der Waals surface area contributed by atoms with Crippen LogP contribution in [-0.2, 0) is 10.5 Å². The molecule has 1 aliphatic rings. The van der Waals surface area contributed by atoms with Gasteiger partial charge in [0.15, 0.2) is 16.7 Å². The number of nitrogens with one attached hydrogen (secondary N) is 2. The minimum atomic E-state index is -0.544. The molecule has 1 amide bonds. The molecule has 2 aromatic carbocycles. The lowest BCUT2D eigenvalue weighted by Crippen LogP contribution is -2.31. The van der Waals surface area contributed by atoms with Crippen molar-refractivity contribution in [1.82, 2.24) is 9.97 Å². The van der Waals surface area contributed by atoms with Gasteiger partial charge in [0.1, 0.15) is 5.82 Å². The average molecular weight is 454 g/mol. The van der Waals surface area contributed by atoms with Crippen molar-refractivity contribution in [3.8, 4) is 17.2 Å². The second-order valence-electron chi connectivity index (χ2n) is 7.14. The molecule has 0 unspecified atom stereocenters. The van der Waals surface area contributed by atoms with Gasteiger partial charge in [0.2, 0.25) is 11.7 Å². The number of anilines is 1. The van der Waals surface area contributed by atoms with Crippen LogP contribution in [0.15, 0.2) is 52.4 Å². The first-order valence-electron chi connectivity index (χ1n) is 9.95. The van der Waals surface area contributed by atoms with Gasteiger partial charge in [0, 0.05) is 23.7 Å². The zero-order valence-electron chi connectivity index (χ0n) is 17.9. The minimum absolute atomic E-state index is 0.0834. The van der Waals surface area contributed by atoms with Crippen LogP contribution in [0.3, 0.4) is 0 Å². The maximum atomic E-state index is 13.1. The molecular formula is C23H23N3O5S. The number of fused-ring (bicyclic) bond motifs is 1. The quantitative estimate of drug-likeness (QED) is 0.416. The van der Waals surface area contributed by atoms with Gasteiger partial charge >= 0.3 is 0 Å². The highest BCUT2D eigenvalue weighted by Gasteiger charge is 2.34. The lowest BCUT2D eigenvalue weighted by atomic mass is 9.86. The molecule has 2 heterocycles. The summed E-state index contributed by atoms with van der Waals surface area (Å²) in [5.74, 6) is 1.45. The highest BCUT2D eigenvalue weighted by Crippen LogP contribution is 2.46. The number of nitrogens with zero attached hydrogens (tertiary/aromatic N) is 1. The normalized spacial score (nSPS) is 15.0. The third-order valence-electron chi connectivity index (χ3n) is 5.26. The van der Waals surface area contributed by atoms with Crippen LogP contribution in [0, 0.1) is 0 Å². The molecule has 32 heavy (non-hydrogen) atoms. The van der Waals surface area contributed by atoms with Crippen LogP contribution >= 0.6 is 11.8 Å². The Hall–Kier alpha value is -3.46. The Bertz CT molecular complexity index is 1200. The molecule has 9 heteroatoms. The number of hydrogen-bond donors (Lipinski definition) is 2. The Morgan fingerprint density at radius 2 is 1.75 bits per heavy atom. The Balaban J connectivity index is 1.74. The number of amides is 1. The molecule has 1 aliphatic heterocycles. The van der Waals surface area contributed by atoms with Gasteiger partial charge in [-0.25, -0.2) is 4.98 Å². The number of methoxy groups -OCH3 is 3. The van der Waals surface area contributed by atoms with E-state index in [1.54, 1.807) is 12.1 Å². The summed E-state index contributed by atoms with van der Waals surface area (Å²) in [7, 11) is 4.55. The Kier molecular flexibility index (Phi) is 6.36. The molecular weight excluding hydrogens is 430 g/mol. The second kappa shape index (κ2) is 9.35. The zero-order valence-corrected chi connectivity index (χ0v) is 18.7. The van der Waals surface area contributed by atoms with Crippen LogP contribution in [-0.4, -0.2) is 37.2 Å². The zero-order chi connectivity index (χ0) is 22.7. The van der Waals surface area contributed by atoms with E-state index in [9.17, 15) is 9.59 Å². The van der Waals surface area contributed by atoms with Gasteiger partial charge in [0.05, 0.1) is 26.9 Å². The lowest BCUT2D eigenvalue weighted by molar-refractivity contribution is -0.116. The fourth-order valence-corrected chi connectivity index (χ4v) is 4.63. The highest BCUT2D eigenvalue weighted by molar-refractivity contribution is 7.98. The predicted molar refractivity (Wildman–Crippen MR) is 122 cm³/mol. The van der Waals surface area contributed by atoms with Crippen LogP contribution in [0.5, 0.6) is 17.2 Å². The molecule has 1 atom stereocenters. The van der Waals surface area contributed by atoms with Crippen LogP contribution in [0.1, 0.15) is 29.0 Å². The van der Waals surface area contributed by atoms with E-state index in [4.69, 9.17) is 14.2 Å². The summed E-state index contributed by atoms with van der Waals surface area (Å²) in [6.45, 7) is 0. The van der Waals surface area contributed by atoms with Crippen LogP contribution in [0.2, 0.25) is 0 Å². The monoisotopic (exact) mass is 453 g/mol. The van der Waals surface area contributed by atoms with Crippen molar-refractivity contribution in [3.63, 3.8) is 0 Å². The van der Waals surface area contributed by atoms with Crippen molar-refractivity contribution in [2.24, 2.45) is 0 Å². The number of benzene rings is 2. The summed E-state index contributed by atoms with van der Waals surface area (Å²) < 4.78 is 16.4. The number of thioether (sulfide) groups is 1. The molecule has 0 saturated heterocycles. The second-order valence-corrected chi connectivity index (χ2v) is 8.10. The van der Waals surface area contributed by atoms with Crippen molar-refractivity contribution >= 4 is 23.5 Å². The van der Waals surface area contributed by atoms with Crippen molar-refractivity contribution in [1.29, 1.82) is 0 Å². The molecule has 0 saturated carbocycles. The molecule has 0 fully saturated rings. The Morgan fingerprint density at radius 1 is 1.00 bits per heavy atom. The van der Waals surface area contributed by atoms with Gasteiger partial charge in [-0.05, 0) is 11.6 Å². The number of aromatic amines is 1. The van der Waals surface area contributed by atoms with E-state index in [-0.39, 0.29) is 23.7 Å². The summed E-state index contributed by atoms with van der Waals surface area (Å²) in [4.78, 5) is 33.0.